The van der Waals surface area contributed by atoms with Crippen molar-refractivity contribution in [2.24, 2.45) is 0 Å². The zero-order valence-corrected chi connectivity index (χ0v) is 15.4. The van der Waals surface area contributed by atoms with Gasteiger partial charge in [-0.3, -0.25) is 9.59 Å². The van der Waals surface area contributed by atoms with Crippen molar-refractivity contribution in [3.63, 3.8) is 0 Å². The minimum absolute atomic E-state index is 0.0395. The van der Waals surface area contributed by atoms with Crippen LogP contribution in [0.3, 0.4) is 0 Å². The third kappa shape index (κ3) is 4.00. The van der Waals surface area contributed by atoms with Crippen molar-refractivity contribution in [1.82, 2.24) is 14.5 Å². The predicted octanol–water partition coefficient (Wildman–Crippen LogP) is 2.64. The molecule has 0 fully saturated rings. The Kier molecular flexibility index (Phi) is 5.48. The van der Waals surface area contributed by atoms with E-state index in [0.29, 0.717) is 6.54 Å². The van der Waals surface area contributed by atoms with Gasteiger partial charge in [0.2, 0.25) is 5.91 Å². The Morgan fingerprint density at radius 3 is 2.73 bits per heavy atom. The van der Waals surface area contributed by atoms with E-state index < -0.39 is 0 Å². The zero-order chi connectivity index (χ0) is 18.5. The number of pyridine rings is 1. The lowest BCUT2D eigenvalue weighted by atomic mass is 10.2. The van der Waals surface area contributed by atoms with Crippen LogP contribution in [0.4, 0.5) is 0 Å². The van der Waals surface area contributed by atoms with Crippen LogP contribution in [0, 0.1) is 0 Å². The standard InChI is InChI=1S/C19H19N3O3S/c1-21(17(23)12-22-10-6-9-16(25-2)19(22)24)11-15-13-26-18(20-15)14-7-4-3-5-8-14/h3-10,13H,11-12H2,1-2H3. The highest BCUT2D eigenvalue weighted by Gasteiger charge is 2.14. The molecule has 3 aromatic rings. The van der Waals surface area contributed by atoms with Gasteiger partial charge in [0.05, 0.1) is 19.3 Å². The maximum Gasteiger partial charge on any atom is 0.293 e. The summed E-state index contributed by atoms with van der Waals surface area (Å²) in [5.74, 6) is 0.0459. The lowest BCUT2D eigenvalue weighted by Gasteiger charge is -2.17. The Hall–Kier alpha value is -2.93. The molecule has 1 amide bonds. The van der Waals surface area contributed by atoms with Gasteiger partial charge in [-0.1, -0.05) is 30.3 Å². The summed E-state index contributed by atoms with van der Waals surface area (Å²) in [4.78, 5) is 30.7. The Morgan fingerprint density at radius 2 is 2.00 bits per heavy atom. The number of thiazole rings is 1. The first-order valence-electron chi connectivity index (χ1n) is 8.05. The van der Waals surface area contributed by atoms with E-state index in [9.17, 15) is 9.59 Å². The van der Waals surface area contributed by atoms with Crippen LogP contribution in [0.1, 0.15) is 5.69 Å². The minimum Gasteiger partial charge on any atom is -0.491 e. The van der Waals surface area contributed by atoms with Gasteiger partial charge < -0.3 is 14.2 Å². The molecule has 2 aromatic heterocycles. The molecule has 1 aromatic carbocycles. The number of nitrogens with zero attached hydrogens (tertiary/aromatic N) is 3. The average molecular weight is 369 g/mol. The molecule has 134 valence electrons. The van der Waals surface area contributed by atoms with Crippen molar-refractivity contribution in [3.8, 4) is 16.3 Å². The molecule has 7 heteroatoms. The summed E-state index contributed by atoms with van der Waals surface area (Å²) in [5, 5.41) is 2.87. The minimum atomic E-state index is -0.322. The van der Waals surface area contributed by atoms with Crippen LogP contribution >= 0.6 is 11.3 Å². The Balaban J connectivity index is 1.67. The second-order valence-corrected chi connectivity index (χ2v) is 6.63. The SMILES string of the molecule is COc1cccn(CC(=O)N(C)Cc2csc(-c3ccccc3)n2)c1=O. The van der Waals surface area contributed by atoms with Crippen LogP contribution in [0.2, 0.25) is 0 Å². The number of benzene rings is 1. The molecule has 0 radical (unpaired) electrons. The largest absolute Gasteiger partial charge is 0.491 e. The van der Waals surface area contributed by atoms with Crippen LogP contribution in [-0.2, 0) is 17.9 Å². The van der Waals surface area contributed by atoms with Crippen molar-refractivity contribution < 1.29 is 9.53 Å². The van der Waals surface area contributed by atoms with Gasteiger partial charge in [0.15, 0.2) is 5.75 Å². The van der Waals surface area contributed by atoms with Crippen molar-refractivity contribution in [3.05, 3.63) is 70.1 Å². The molecule has 0 aliphatic carbocycles. The number of methoxy groups -OCH3 is 1. The Bertz CT molecular complexity index is 950. The number of amides is 1. The summed E-state index contributed by atoms with van der Waals surface area (Å²) >= 11 is 1.55. The van der Waals surface area contributed by atoms with Crippen LogP contribution in [-0.4, -0.2) is 34.5 Å². The van der Waals surface area contributed by atoms with Crippen molar-refractivity contribution >= 4 is 17.2 Å². The molecule has 2 heterocycles. The van der Waals surface area contributed by atoms with E-state index >= 15 is 0 Å². The molecule has 0 atom stereocenters. The van der Waals surface area contributed by atoms with Crippen molar-refractivity contribution in [2.45, 2.75) is 13.1 Å². The molecule has 3 rings (SSSR count). The van der Waals surface area contributed by atoms with Gasteiger partial charge in [-0.15, -0.1) is 11.3 Å². The van der Waals surface area contributed by atoms with Gasteiger partial charge in [0.25, 0.3) is 5.56 Å². The molecule has 0 aliphatic heterocycles. The molecule has 6 nitrogen and oxygen atoms in total. The van der Waals surface area contributed by atoms with Crippen molar-refractivity contribution in [1.29, 1.82) is 0 Å². The molecule has 26 heavy (non-hydrogen) atoms. The van der Waals surface area contributed by atoms with Crippen LogP contribution in [0.5, 0.6) is 5.75 Å². The number of rotatable bonds is 6. The van der Waals surface area contributed by atoms with Gasteiger partial charge in [0, 0.05) is 24.2 Å². The fraction of sp³-hybridized carbons (Fsp3) is 0.211. The van der Waals surface area contributed by atoms with Crippen molar-refractivity contribution in [2.75, 3.05) is 14.2 Å². The highest BCUT2D eigenvalue weighted by molar-refractivity contribution is 7.13. The van der Waals surface area contributed by atoms with E-state index in [0.717, 1.165) is 16.3 Å². The van der Waals surface area contributed by atoms with E-state index in [-0.39, 0.29) is 23.8 Å². The molecule has 0 bridgehead atoms. The molecule has 0 saturated carbocycles. The summed E-state index contributed by atoms with van der Waals surface area (Å²) in [7, 11) is 3.14. The number of ether oxygens (including phenoxy) is 1. The summed E-state index contributed by atoms with van der Waals surface area (Å²) < 4.78 is 6.34. The summed E-state index contributed by atoms with van der Waals surface area (Å²) in [6.07, 6.45) is 1.58. The number of hydrogen-bond acceptors (Lipinski definition) is 5. The van der Waals surface area contributed by atoms with E-state index in [1.54, 1.807) is 41.6 Å². The van der Waals surface area contributed by atoms with Gasteiger partial charge >= 0.3 is 0 Å². The van der Waals surface area contributed by atoms with Crippen LogP contribution < -0.4 is 10.3 Å². The third-order valence-electron chi connectivity index (χ3n) is 3.91. The molecule has 0 N–H and O–H groups in total. The zero-order valence-electron chi connectivity index (χ0n) is 14.6. The maximum absolute atomic E-state index is 12.4. The molecule has 0 spiro atoms. The molecule has 0 saturated heterocycles. The fourth-order valence-corrected chi connectivity index (χ4v) is 3.30. The number of carbonyl (C=O) groups excluding carboxylic acids is 1. The number of carbonyl (C=O) groups is 1. The van der Waals surface area contributed by atoms with Gasteiger partial charge in [-0.2, -0.15) is 0 Å². The summed E-state index contributed by atoms with van der Waals surface area (Å²) in [5.41, 5.74) is 1.56. The molecular weight excluding hydrogens is 350 g/mol. The molecule has 0 aliphatic rings. The second-order valence-electron chi connectivity index (χ2n) is 5.77. The highest BCUT2D eigenvalue weighted by atomic mass is 32.1. The average Bonchev–Trinajstić information content (AvgIpc) is 3.12. The highest BCUT2D eigenvalue weighted by Crippen LogP contribution is 2.23. The first kappa shape index (κ1) is 17.9. The monoisotopic (exact) mass is 369 g/mol. The lowest BCUT2D eigenvalue weighted by molar-refractivity contribution is -0.131. The summed E-state index contributed by atoms with van der Waals surface area (Å²) in [6, 6.07) is 13.2. The summed E-state index contributed by atoms with van der Waals surface area (Å²) in [6.45, 7) is 0.350. The second kappa shape index (κ2) is 7.97. The van der Waals surface area contributed by atoms with Gasteiger partial charge in [-0.25, -0.2) is 4.98 Å². The van der Waals surface area contributed by atoms with Crippen LogP contribution in [0.15, 0.2) is 58.8 Å². The van der Waals surface area contributed by atoms with Crippen LogP contribution in [0.25, 0.3) is 10.6 Å². The van der Waals surface area contributed by atoms with E-state index in [1.165, 1.54) is 11.7 Å². The maximum atomic E-state index is 12.4. The molecule has 0 unspecified atom stereocenters. The number of hydrogen-bond donors (Lipinski definition) is 0. The van der Waals surface area contributed by atoms with E-state index in [1.807, 2.05) is 35.7 Å². The molecular formula is C19H19N3O3S. The number of likely N-dealkylation sites (N-methyl/N-ethyl adjacent to an activating group) is 1. The first-order valence-corrected chi connectivity index (χ1v) is 8.93. The topological polar surface area (TPSA) is 64.4 Å². The van der Waals surface area contributed by atoms with Gasteiger partial charge in [0.1, 0.15) is 11.6 Å². The first-order chi connectivity index (χ1) is 12.6. The van der Waals surface area contributed by atoms with E-state index in [2.05, 4.69) is 4.98 Å². The quantitative estimate of drug-likeness (QED) is 0.670. The Morgan fingerprint density at radius 1 is 1.23 bits per heavy atom. The predicted molar refractivity (Wildman–Crippen MR) is 101 cm³/mol. The fourth-order valence-electron chi connectivity index (χ4n) is 2.49. The van der Waals surface area contributed by atoms with E-state index in [4.69, 9.17) is 4.74 Å². The smallest absolute Gasteiger partial charge is 0.293 e. The number of aromatic nitrogens is 2. The lowest BCUT2D eigenvalue weighted by Crippen LogP contribution is -2.33. The Labute approximate surface area is 155 Å². The van der Waals surface area contributed by atoms with Gasteiger partial charge in [-0.05, 0) is 12.1 Å². The normalized spacial score (nSPS) is 10.5. The third-order valence-corrected chi connectivity index (χ3v) is 4.85.